The maximum Gasteiger partial charge on any atom is 0.0456 e. The Morgan fingerprint density at radius 3 is 1.04 bits per heavy atom. The van der Waals surface area contributed by atoms with E-state index < -0.39 is 0 Å². The van der Waals surface area contributed by atoms with Crippen LogP contribution in [-0.2, 0) is 0 Å². The van der Waals surface area contributed by atoms with E-state index >= 15 is 0 Å². The highest BCUT2D eigenvalue weighted by atomic mass is 16.3. The topological polar surface area (TPSA) is 20.2 Å². The van der Waals surface area contributed by atoms with Gasteiger partial charge in [0.15, 0.2) is 0 Å². The molecule has 0 bridgehead atoms. The van der Waals surface area contributed by atoms with Gasteiger partial charge in [-0.15, -0.1) is 0 Å². The molecule has 0 aromatic rings. The van der Waals surface area contributed by atoms with Gasteiger partial charge in [-0.25, -0.2) is 0 Å². The van der Waals surface area contributed by atoms with Crippen molar-refractivity contribution in [3.63, 3.8) is 0 Å². The number of rotatable bonds is 21. The quantitative estimate of drug-likeness (QED) is 0.205. The molecule has 0 fully saturated rings. The summed E-state index contributed by atoms with van der Waals surface area (Å²) >= 11 is 0. The number of hydrogen-bond donors (Lipinski definition) is 1. The molecule has 0 radical (unpaired) electrons. The van der Waals surface area contributed by atoms with Gasteiger partial charge in [-0.2, -0.15) is 0 Å². The van der Waals surface area contributed by atoms with Gasteiger partial charge in [0, 0.05) is 6.61 Å². The van der Waals surface area contributed by atoms with Crippen LogP contribution in [-0.4, -0.2) is 11.7 Å². The minimum atomic E-state index is 0.360. The number of aliphatic hydroxyl groups excluding tert-OH is 1. The molecule has 1 nitrogen and oxygen atoms in total. The molecular formula is C24H50O. The standard InChI is InChI=1S/C24H50O/c1-3-4-5-6-7-8-9-10-11-12-13-14-15-16-17-18-19-20-21-22-24(2)23-25/h24-25H,3-23H2,1-2H3. The van der Waals surface area contributed by atoms with Gasteiger partial charge in [0.25, 0.3) is 0 Å². The summed E-state index contributed by atoms with van der Waals surface area (Å²) in [5, 5.41) is 8.99. The van der Waals surface area contributed by atoms with E-state index in [4.69, 9.17) is 5.11 Å². The minimum Gasteiger partial charge on any atom is -0.396 e. The molecule has 0 rings (SSSR count). The zero-order valence-electron chi connectivity index (χ0n) is 17.9. The van der Waals surface area contributed by atoms with Crippen molar-refractivity contribution in [2.24, 2.45) is 5.92 Å². The molecule has 0 aliphatic carbocycles. The predicted octanol–water partition coefficient (Wildman–Crippen LogP) is 8.44. The summed E-state index contributed by atoms with van der Waals surface area (Å²) < 4.78 is 0. The van der Waals surface area contributed by atoms with Gasteiger partial charge in [-0.3, -0.25) is 0 Å². The highest BCUT2D eigenvalue weighted by Gasteiger charge is 1.99. The molecule has 25 heavy (non-hydrogen) atoms. The van der Waals surface area contributed by atoms with Crippen LogP contribution in [0.4, 0.5) is 0 Å². The first kappa shape index (κ1) is 25.0. The van der Waals surface area contributed by atoms with Gasteiger partial charge in [0.2, 0.25) is 0 Å². The molecule has 0 aliphatic heterocycles. The molecule has 1 atom stereocenters. The lowest BCUT2D eigenvalue weighted by Gasteiger charge is -2.07. The Labute approximate surface area is 160 Å². The first-order chi connectivity index (χ1) is 12.3. The second-order valence-electron chi connectivity index (χ2n) is 8.44. The van der Waals surface area contributed by atoms with Crippen LogP contribution < -0.4 is 0 Å². The summed E-state index contributed by atoms with van der Waals surface area (Å²) in [6, 6.07) is 0. The lowest BCUT2D eigenvalue weighted by Crippen LogP contribution is -1.99. The van der Waals surface area contributed by atoms with E-state index in [-0.39, 0.29) is 0 Å². The van der Waals surface area contributed by atoms with Crippen molar-refractivity contribution in [1.29, 1.82) is 0 Å². The van der Waals surface area contributed by atoms with Crippen molar-refractivity contribution in [2.45, 2.75) is 142 Å². The number of hydrogen-bond acceptors (Lipinski definition) is 1. The van der Waals surface area contributed by atoms with Gasteiger partial charge in [-0.1, -0.05) is 136 Å². The minimum absolute atomic E-state index is 0.360. The Kier molecular flexibility index (Phi) is 22.0. The third-order valence-electron chi connectivity index (χ3n) is 5.61. The second-order valence-corrected chi connectivity index (χ2v) is 8.44. The molecule has 0 aromatic heterocycles. The highest BCUT2D eigenvalue weighted by Crippen LogP contribution is 2.15. The van der Waals surface area contributed by atoms with Crippen molar-refractivity contribution < 1.29 is 5.11 Å². The van der Waals surface area contributed by atoms with Crippen molar-refractivity contribution in [2.75, 3.05) is 6.61 Å². The largest absolute Gasteiger partial charge is 0.396 e. The van der Waals surface area contributed by atoms with E-state index in [1.165, 1.54) is 128 Å². The van der Waals surface area contributed by atoms with Crippen LogP contribution in [0.15, 0.2) is 0 Å². The van der Waals surface area contributed by atoms with E-state index in [0.717, 1.165) is 0 Å². The van der Waals surface area contributed by atoms with Crippen molar-refractivity contribution in [3.05, 3.63) is 0 Å². The van der Waals surface area contributed by atoms with Crippen LogP contribution in [0.2, 0.25) is 0 Å². The summed E-state index contributed by atoms with van der Waals surface area (Å²) in [4.78, 5) is 0. The van der Waals surface area contributed by atoms with Crippen LogP contribution in [0.3, 0.4) is 0 Å². The van der Waals surface area contributed by atoms with Crippen molar-refractivity contribution in [1.82, 2.24) is 0 Å². The summed E-state index contributed by atoms with van der Waals surface area (Å²) in [6.45, 7) is 4.80. The molecule has 0 saturated heterocycles. The third kappa shape index (κ3) is 21.9. The number of aliphatic hydroxyl groups is 1. The molecular weight excluding hydrogens is 304 g/mol. The zero-order chi connectivity index (χ0) is 18.4. The van der Waals surface area contributed by atoms with Gasteiger partial charge in [-0.05, 0) is 12.3 Å². The third-order valence-corrected chi connectivity index (χ3v) is 5.61. The first-order valence-electron chi connectivity index (χ1n) is 11.9. The van der Waals surface area contributed by atoms with Crippen LogP contribution >= 0.6 is 0 Å². The Morgan fingerprint density at radius 2 is 0.760 bits per heavy atom. The van der Waals surface area contributed by atoms with E-state index in [1.807, 2.05) is 0 Å². The fourth-order valence-corrected chi connectivity index (χ4v) is 3.66. The zero-order valence-corrected chi connectivity index (χ0v) is 17.9. The molecule has 1 unspecified atom stereocenters. The summed E-state index contributed by atoms with van der Waals surface area (Å²) in [5.41, 5.74) is 0. The van der Waals surface area contributed by atoms with Crippen molar-refractivity contribution in [3.8, 4) is 0 Å². The SMILES string of the molecule is CCCCCCCCCCCCCCCCCCCCCC(C)CO. The summed E-state index contributed by atoms with van der Waals surface area (Å²) in [6.07, 6.45) is 28.5. The molecule has 0 heterocycles. The fraction of sp³-hybridized carbons (Fsp3) is 1.00. The molecule has 0 amide bonds. The molecule has 0 saturated carbocycles. The van der Waals surface area contributed by atoms with Gasteiger partial charge in [0.05, 0.1) is 0 Å². The smallest absolute Gasteiger partial charge is 0.0456 e. The maximum absolute atomic E-state index is 8.99. The summed E-state index contributed by atoms with van der Waals surface area (Å²) in [7, 11) is 0. The van der Waals surface area contributed by atoms with E-state index in [1.54, 1.807) is 0 Å². The normalized spacial score (nSPS) is 12.6. The van der Waals surface area contributed by atoms with E-state index in [2.05, 4.69) is 13.8 Å². The average Bonchev–Trinajstić information content (AvgIpc) is 2.63. The van der Waals surface area contributed by atoms with Crippen LogP contribution in [0, 0.1) is 5.92 Å². The Bertz CT molecular complexity index is 226. The lowest BCUT2D eigenvalue weighted by molar-refractivity contribution is 0.227. The van der Waals surface area contributed by atoms with E-state index in [0.29, 0.717) is 12.5 Å². The first-order valence-corrected chi connectivity index (χ1v) is 11.9. The summed E-state index contributed by atoms with van der Waals surface area (Å²) in [5.74, 6) is 0.505. The maximum atomic E-state index is 8.99. The predicted molar refractivity (Wildman–Crippen MR) is 114 cm³/mol. The molecule has 0 aromatic carbocycles. The highest BCUT2D eigenvalue weighted by molar-refractivity contribution is 4.53. The average molecular weight is 355 g/mol. The Balaban J connectivity index is 2.98. The molecule has 1 N–H and O–H groups in total. The van der Waals surface area contributed by atoms with Gasteiger partial charge in [0.1, 0.15) is 0 Å². The van der Waals surface area contributed by atoms with Crippen molar-refractivity contribution >= 4 is 0 Å². The van der Waals surface area contributed by atoms with Crippen LogP contribution in [0.1, 0.15) is 142 Å². The van der Waals surface area contributed by atoms with Crippen LogP contribution in [0.5, 0.6) is 0 Å². The lowest BCUT2D eigenvalue weighted by atomic mass is 10.0. The molecule has 152 valence electrons. The molecule has 0 spiro atoms. The molecule has 0 aliphatic rings. The van der Waals surface area contributed by atoms with Crippen LogP contribution in [0.25, 0.3) is 0 Å². The van der Waals surface area contributed by atoms with Gasteiger partial charge < -0.3 is 5.11 Å². The Morgan fingerprint density at radius 1 is 0.480 bits per heavy atom. The second kappa shape index (κ2) is 22.0. The van der Waals surface area contributed by atoms with E-state index in [9.17, 15) is 0 Å². The van der Waals surface area contributed by atoms with Gasteiger partial charge >= 0.3 is 0 Å². The molecule has 1 heteroatoms. The monoisotopic (exact) mass is 354 g/mol. The Hall–Kier alpha value is -0.0400. The fourth-order valence-electron chi connectivity index (χ4n) is 3.66. The number of unbranched alkanes of at least 4 members (excludes halogenated alkanes) is 18.